The fourth-order valence-corrected chi connectivity index (χ4v) is 21.7. The molecule has 24 nitrogen and oxygen atoms in total. The minimum Gasteiger partial charge on any atom is -0.493 e. The predicted molar refractivity (Wildman–Crippen MR) is 558 cm³/mol. The number of methoxy groups -OCH3 is 4. The van der Waals surface area contributed by atoms with Gasteiger partial charge in [-0.2, -0.15) is 0 Å². The van der Waals surface area contributed by atoms with Crippen LogP contribution in [-0.2, 0) is 4.79 Å². The van der Waals surface area contributed by atoms with Gasteiger partial charge in [0.1, 0.15) is 0 Å². The lowest BCUT2D eigenvalue weighted by Gasteiger charge is -2.51. The number of carbonyl (C=O) groups is 1. The topological polar surface area (TPSA) is 257 Å². The van der Waals surface area contributed by atoms with Gasteiger partial charge in [0.15, 0.2) is 46.0 Å². The molecular weight excluding hydrogens is 1710 g/mol. The molecule has 9 fully saturated rings. The number of nitrogens with zero attached hydrogens (tertiary/aromatic N) is 6. The first-order valence-electron chi connectivity index (χ1n) is 51.4. The maximum atomic E-state index is 12.2. The van der Waals surface area contributed by atoms with Gasteiger partial charge in [-0.1, -0.05) is 70.9 Å². The van der Waals surface area contributed by atoms with E-state index in [9.17, 15) is 4.79 Å². The largest absolute Gasteiger partial charge is 0.493 e. The average molecular weight is 1860 g/mol. The van der Waals surface area contributed by atoms with Crippen molar-refractivity contribution in [2.45, 2.75) is 181 Å². The molecular formula is C113H149N15O9. The van der Waals surface area contributed by atoms with Crippen molar-refractivity contribution in [3.05, 3.63) is 166 Å². The maximum Gasteiger partial charge on any atom is 0.222 e. The van der Waals surface area contributed by atoms with E-state index in [-0.39, 0.29) is 5.91 Å². The van der Waals surface area contributed by atoms with Crippen LogP contribution in [0.2, 0.25) is 0 Å². The number of fused-ring (bicyclic) bond motifs is 4. The second-order valence-electron chi connectivity index (χ2n) is 41.4. The summed E-state index contributed by atoms with van der Waals surface area (Å²) in [5.41, 5.74) is 23.5. The Morgan fingerprint density at radius 3 is 0.964 bits per heavy atom. The first-order valence-corrected chi connectivity index (χ1v) is 51.4. The number of hydrogen-bond acceptors (Lipinski definition) is 23. The molecule has 8 aromatic rings. The third-order valence-electron chi connectivity index (χ3n) is 30.7. The van der Waals surface area contributed by atoms with Gasteiger partial charge >= 0.3 is 0 Å². The summed E-state index contributed by atoms with van der Waals surface area (Å²) in [6, 6.07) is 26.5. The predicted octanol–water partition coefficient (Wildman–Crippen LogP) is 20.0. The number of likely N-dealkylation sites (tertiary alicyclic amines) is 2. The molecule has 9 N–H and O–H groups in total. The van der Waals surface area contributed by atoms with Crippen LogP contribution < -0.4 is 85.7 Å². The monoisotopic (exact) mass is 1860 g/mol. The Balaban J connectivity index is 0.000000122. The summed E-state index contributed by atoms with van der Waals surface area (Å²) in [4.78, 5) is 36.8. The fraction of sp³-hybridized carbons (Fsp3) is 0.531. The molecule has 1 amide bonds. The molecule has 137 heavy (non-hydrogen) atoms. The minimum atomic E-state index is 0.225. The van der Waals surface area contributed by atoms with Crippen molar-refractivity contribution < 1.29 is 42.7 Å². The van der Waals surface area contributed by atoms with Crippen molar-refractivity contribution in [3.8, 4) is 46.0 Å². The molecule has 4 aromatic carbocycles. The van der Waals surface area contributed by atoms with Crippen LogP contribution in [0.25, 0.3) is 65.9 Å². The molecule has 2 saturated carbocycles. The molecule has 13 aliphatic rings. The third kappa shape index (κ3) is 24.8. The number of piperidine rings is 7. The van der Waals surface area contributed by atoms with Crippen LogP contribution in [0.1, 0.15) is 192 Å². The number of benzene rings is 4. The van der Waals surface area contributed by atoms with E-state index in [1.807, 2.05) is 24.1 Å². The van der Waals surface area contributed by atoms with Crippen LogP contribution in [-0.4, -0.2) is 215 Å². The van der Waals surface area contributed by atoms with Crippen molar-refractivity contribution >= 4 is 94.6 Å². The van der Waals surface area contributed by atoms with E-state index in [4.69, 9.17) is 57.8 Å². The SMILES string of the molecule is COc1cc2c(NC3CC3)cc(C3=CC=C(C)C3)nc2cc1OCC1CCNCC1.COc1cc2c(NC3CC4(CCNCC4)C3)cc(C3=CC=C(C)C3)nc2cc1OCC1CCNCC1.COc1cc2c(NCC3CCN(C)C(=O)C3)cc(C3=CC=C(C)C3)nc2cc1OCC1CCNCC1.COc1cc2c(NCC3CCN(C)CC3)cc(C3=CC=C(C)C3)nc2cc1OCC1CCNCC1. The van der Waals surface area contributed by atoms with Crippen LogP contribution >= 0.6 is 0 Å². The summed E-state index contributed by atoms with van der Waals surface area (Å²) < 4.78 is 48.2. The van der Waals surface area contributed by atoms with Crippen molar-refractivity contribution in [3.63, 3.8) is 0 Å². The van der Waals surface area contributed by atoms with Crippen LogP contribution in [0.4, 0.5) is 22.7 Å². The number of carbonyl (C=O) groups excluding carboxylic acids is 1. The van der Waals surface area contributed by atoms with Crippen LogP contribution in [0.5, 0.6) is 46.0 Å². The van der Waals surface area contributed by atoms with Crippen LogP contribution in [0, 0.1) is 40.9 Å². The lowest BCUT2D eigenvalue weighted by atomic mass is 9.60. The lowest BCUT2D eigenvalue weighted by molar-refractivity contribution is -0.133. The Bertz CT molecular complexity index is 5860. The number of ether oxygens (including phenoxy) is 8. The Kier molecular flexibility index (Phi) is 32.0. The highest BCUT2D eigenvalue weighted by molar-refractivity contribution is 6.00. The van der Waals surface area contributed by atoms with Gasteiger partial charge in [0.2, 0.25) is 5.91 Å². The molecule has 1 spiro atoms. The van der Waals surface area contributed by atoms with Gasteiger partial charge in [0, 0.05) is 114 Å². The third-order valence-corrected chi connectivity index (χ3v) is 30.7. The molecule has 7 aliphatic heterocycles. The molecule has 730 valence electrons. The summed E-state index contributed by atoms with van der Waals surface area (Å²) in [5, 5.41) is 36.6. The number of pyridine rings is 4. The van der Waals surface area contributed by atoms with Crippen molar-refractivity contribution in [2.24, 2.45) is 40.9 Å². The second-order valence-corrected chi connectivity index (χ2v) is 41.4. The zero-order valence-corrected chi connectivity index (χ0v) is 83.0. The Hall–Kier alpha value is -10.7. The first-order chi connectivity index (χ1) is 66.9. The molecule has 1 atom stereocenters. The Labute approximate surface area is 811 Å². The summed E-state index contributed by atoms with van der Waals surface area (Å²) in [6.07, 6.45) is 42.3. The van der Waals surface area contributed by atoms with E-state index >= 15 is 0 Å². The molecule has 0 radical (unpaired) electrons. The minimum absolute atomic E-state index is 0.225. The summed E-state index contributed by atoms with van der Waals surface area (Å²) >= 11 is 0. The Morgan fingerprint density at radius 2 is 0.650 bits per heavy atom. The smallest absolute Gasteiger partial charge is 0.222 e. The molecule has 4 aromatic heterocycles. The van der Waals surface area contributed by atoms with Gasteiger partial charge in [-0.3, -0.25) is 4.79 Å². The number of nitrogens with one attached hydrogen (secondary N) is 9. The number of anilines is 4. The highest BCUT2D eigenvalue weighted by atomic mass is 16.5. The fourth-order valence-electron chi connectivity index (χ4n) is 21.7. The number of hydrogen-bond donors (Lipinski definition) is 9. The average Bonchev–Trinajstić information content (AvgIpc) is 0.843. The van der Waals surface area contributed by atoms with Gasteiger partial charge in [0.05, 0.1) is 99.7 Å². The maximum absolute atomic E-state index is 12.2. The normalized spacial score (nSPS) is 20.8. The summed E-state index contributed by atoms with van der Waals surface area (Å²) in [6.45, 7) is 27.3. The Morgan fingerprint density at radius 1 is 0.343 bits per heavy atom. The van der Waals surface area contributed by atoms with E-state index in [0.717, 1.165) is 324 Å². The highest BCUT2D eigenvalue weighted by Crippen LogP contribution is 2.51. The van der Waals surface area contributed by atoms with Crippen molar-refractivity contribution in [2.75, 3.05) is 188 Å². The van der Waals surface area contributed by atoms with Crippen LogP contribution in [0.3, 0.4) is 0 Å². The quantitative estimate of drug-likeness (QED) is 0.0203. The molecule has 24 heteroatoms. The molecule has 1 unspecified atom stereocenters. The summed E-state index contributed by atoms with van der Waals surface area (Å²) in [5.74, 6) is 9.76. The molecule has 7 saturated heterocycles. The van der Waals surface area contributed by atoms with Crippen molar-refractivity contribution in [1.82, 2.24) is 56.3 Å². The summed E-state index contributed by atoms with van der Waals surface area (Å²) in [7, 11) is 11.0. The zero-order valence-electron chi connectivity index (χ0n) is 83.0. The number of rotatable bonds is 30. The van der Waals surface area contributed by atoms with E-state index < -0.39 is 0 Å². The highest BCUT2D eigenvalue weighted by Gasteiger charge is 2.45. The molecule has 21 rings (SSSR count). The van der Waals surface area contributed by atoms with E-state index in [0.29, 0.717) is 66.0 Å². The van der Waals surface area contributed by atoms with E-state index in [1.54, 1.807) is 28.4 Å². The van der Waals surface area contributed by atoms with Crippen LogP contribution in [0.15, 0.2) is 144 Å². The van der Waals surface area contributed by atoms with E-state index in [1.165, 1.54) is 109 Å². The molecule has 11 heterocycles. The molecule has 0 bridgehead atoms. The van der Waals surface area contributed by atoms with Gasteiger partial charge in [-0.15, -0.1) is 0 Å². The number of aromatic nitrogens is 4. The first kappa shape index (κ1) is 96.5. The number of amides is 1. The molecule has 6 aliphatic carbocycles. The van der Waals surface area contributed by atoms with E-state index in [2.05, 4.69) is 197 Å². The van der Waals surface area contributed by atoms with Gasteiger partial charge in [-0.05, 0) is 360 Å². The van der Waals surface area contributed by atoms with Gasteiger partial charge < -0.3 is 95.5 Å². The van der Waals surface area contributed by atoms with Gasteiger partial charge in [-0.25, -0.2) is 19.9 Å². The zero-order chi connectivity index (χ0) is 94.3. The standard InChI is InChI=1S/C30H40N4O2.C29H38N4O3.C29H40N4O2.C25H31N3O2/c1-20-3-4-22(13-20)25-15-26(33-23-17-30(18-23)7-11-32-12-8-30)24-14-28(35-2)29(16-27(24)34-25)36-19-21-5-9-31-10-6-21;1-19-4-5-22(12-19)24-15-25(31-17-21-8-11-33(2)29(34)13-21)23-14-27(35-3)28(16-26(23)32-24)36-18-20-6-9-30-10-7-20;1-20-4-5-23(14-20)25-16-26(31-18-21-8-12-33(2)13-9-21)24-15-28(34-3)29(17-27(24)32-25)35-19-22-6-10-30-11-7-22;1-16-3-4-18(11-16)21-13-22(27-19-5-6-19)20-12-24(29-2)25(14-23(20)28-21)30-15-17-7-9-26-10-8-17/h3-4,14-16,21,23,31-32H,5-13,17-19H2,1-2H3,(H,33,34);4-5,14-16,20-21,30H,6-13,17-18H2,1-3H3,(H,31,32);4-5,15-17,21-22,30H,6-14,18-19H2,1-3H3,(H,31,32);3-4,12-14,17,19,26H,5-11,15H2,1-2H3,(H,27,28). The lowest BCUT2D eigenvalue weighted by Crippen LogP contribution is -2.50. The van der Waals surface area contributed by atoms with Gasteiger partial charge in [0.25, 0.3) is 0 Å². The number of allylic oxidation sites excluding steroid dienone is 16. The van der Waals surface area contributed by atoms with Crippen molar-refractivity contribution in [1.29, 1.82) is 0 Å². The second kappa shape index (κ2) is 45.5.